The molecule has 0 aliphatic carbocycles. The van der Waals surface area contributed by atoms with Crippen LogP contribution in [-0.4, -0.2) is 68.6 Å². The number of hydrogen-bond donors (Lipinski definition) is 2. The minimum absolute atomic E-state index is 0.168. The smallest absolute Gasteiger partial charge is 0.191 e. The first-order valence-corrected chi connectivity index (χ1v) is 9.76. The van der Waals surface area contributed by atoms with Crippen molar-refractivity contribution in [1.29, 1.82) is 0 Å². The summed E-state index contributed by atoms with van der Waals surface area (Å²) in [6, 6.07) is 5.31. The number of nitrogens with zero attached hydrogens (tertiary/aromatic N) is 3. The van der Waals surface area contributed by atoms with E-state index in [0.717, 1.165) is 50.7 Å². The van der Waals surface area contributed by atoms with E-state index in [2.05, 4.69) is 39.4 Å². The predicted octanol–water partition coefficient (Wildman–Crippen LogP) is 2.22. The highest BCUT2D eigenvalue weighted by Gasteiger charge is 2.11. The first-order valence-electron chi connectivity index (χ1n) is 9.76. The molecule has 1 aliphatic heterocycles. The van der Waals surface area contributed by atoms with Gasteiger partial charge in [0.1, 0.15) is 5.82 Å². The van der Waals surface area contributed by atoms with Crippen LogP contribution in [0.5, 0.6) is 0 Å². The van der Waals surface area contributed by atoms with Gasteiger partial charge >= 0.3 is 0 Å². The lowest BCUT2D eigenvalue weighted by Gasteiger charge is -2.20. The Morgan fingerprint density at radius 2 is 2.04 bits per heavy atom. The third kappa shape index (κ3) is 7.30. The summed E-state index contributed by atoms with van der Waals surface area (Å²) in [4.78, 5) is 9.52. The van der Waals surface area contributed by atoms with E-state index in [1.165, 1.54) is 19.5 Å². The molecule has 0 aromatic heterocycles. The Labute approximate surface area is 157 Å². The summed E-state index contributed by atoms with van der Waals surface area (Å²) in [5.74, 6) is 0.628. The lowest BCUT2D eigenvalue weighted by atomic mass is 10.1. The van der Waals surface area contributed by atoms with Gasteiger partial charge in [-0.25, -0.2) is 9.38 Å². The van der Waals surface area contributed by atoms with Crippen molar-refractivity contribution in [2.45, 2.75) is 33.2 Å². The van der Waals surface area contributed by atoms with Crippen LogP contribution in [0.15, 0.2) is 23.2 Å². The molecule has 1 saturated heterocycles. The molecule has 1 aromatic carbocycles. The topological polar surface area (TPSA) is 42.9 Å². The average Bonchev–Trinajstić information content (AvgIpc) is 2.83. The van der Waals surface area contributed by atoms with Crippen LogP contribution in [0, 0.1) is 12.7 Å². The van der Waals surface area contributed by atoms with Gasteiger partial charge in [0.2, 0.25) is 0 Å². The molecule has 6 heteroatoms. The van der Waals surface area contributed by atoms with E-state index in [4.69, 9.17) is 0 Å². The van der Waals surface area contributed by atoms with Gasteiger partial charge in [-0.1, -0.05) is 12.1 Å². The second-order valence-corrected chi connectivity index (χ2v) is 7.06. The van der Waals surface area contributed by atoms with Crippen molar-refractivity contribution in [2.24, 2.45) is 4.99 Å². The number of aryl methyl sites for hydroxylation is 1. The molecule has 0 radical (unpaired) electrons. The Kier molecular flexibility index (Phi) is 8.85. The molecule has 1 aromatic rings. The SMILES string of the molecule is CCNC(=NCc1ccc(C)c(F)c1)NCCCN1CCCN(C)CC1. The standard InChI is InChI=1S/C20H34FN5/c1-4-22-20(24-16-18-8-7-17(2)19(21)15-18)23-9-5-11-26-12-6-10-25(3)13-14-26/h7-8,15H,4-6,9-14,16H2,1-3H3,(H2,22,23,24). The average molecular weight is 364 g/mol. The molecular weight excluding hydrogens is 329 g/mol. The summed E-state index contributed by atoms with van der Waals surface area (Å²) in [6.45, 7) is 11.8. The number of rotatable bonds is 7. The molecular formula is C20H34FN5. The largest absolute Gasteiger partial charge is 0.357 e. The summed E-state index contributed by atoms with van der Waals surface area (Å²) in [5.41, 5.74) is 1.56. The van der Waals surface area contributed by atoms with E-state index >= 15 is 0 Å². The van der Waals surface area contributed by atoms with Gasteiger partial charge < -0.3 is 20.4 Å². The molecule has 2 rings (SSSR count). The van der Waals surface area contributed by atoms with Gasteiger partial charge in [-0.2, -0.15) is 0 Å². The number of hydrogen-bond acceptors (Lipinski definition) is 3. The summed E-state index contributed by atoms with van der Waals surface area (Å²) >= 11 is 0. The van der Waals surface area contributed by atoms with Crippen molar-refractivity contribution >= 4 is 5.96 Å². The maximum Gasteiger partial charge on any atom is 0.191 e. The first kappa shape index (κ1) is 20.6. The molecule has 0 saturated carbocycles. The normalized spacial score (nSPS) is 17.2. The fourth-order valence-electron chi connectivity index (χ4n) is 3.08. The molecule has 5 nitrogen and oxygen atoms in total. The second kappa shape index (κ2) is 11.1. The lowest BCUT2D eigenvalue weighted by Crippen LogP contribution is -2.39. The minimum atomic E-state index is -0.168. The quantitative estimate of drug-likeness (QED) is 0.443. The Balaban J connectivity index is 1.75. The van der Waals surface area contributed by atoms with E-state index in [0.29, 0.717) is 12.1 Å². The Hall–Kier alpha value is -1.66. The molecule has 0 spiro atoms. The van der Waals surface area contributed by atoms with Crippen molar-refractivity contribution in [3.8, 4) is 0 Å². The number of benzene rings is 1. The van der Waals surface area contributed by atoms with Crippen molar-refractivity contribution in [3.63, 3.8) is 0 Å². The van der Waals surface area contributed by atoms with Gasteiger partial charge in [0, 0.05) is 26.2 Å². The van der Waals surface area contributed by atoms with E-state index in [-0.39, 0.29) is 5.82 Å². The summed E-state index contributed by atoms with van der Waals surface area (Å²) in [6.07, 6.45) is 2.34. The lowest BCUT2D eigenvalue weighted by molar-refractivity contribution is 0.274. The summed E-state index contributed by atoms with van der Waals surface area (Å²) in [7, 11) is 2.20. The molecule has 0 atom stereocenters. The second-order valence-electron chi connectivity index (χ2n) is 7.06. The van der Waals surface area contributed by atoms with Crippen LogP contribution in [0.1, 0.15) is 30.9 Å². The first-order chi connectivity index (χ1) is 12.6. The van der Waals surface area contributed by atoms with E-state index in [1.807, 2.05) is 6.07 Å². The highest BCUT2D eigenvalue weighted by molar-refractivity contribution is 5.79. The van der Waals surface area contributed by atoms with Gasteiger partial charge in [-0.3, -0.25) is 0 Å². The molecule has 2 N–H and O–H groups in total. The fraction of sp³-hybridized carbons (Fsp3) is 0.650. The zero-order chi connectivity index (χ0) is 18.8. The van der Waals surface area contributed by atoms with Crippen LogP contribution >= 0.6 is 0 Å². The fourth-order valence-corrected chi connectivity index (χ4v) is 3.08. The van der Waals surface area contributed by atoms with Crippen LogP contribution in [0.3, 0.4) is 0 Å². The van der Waals surface area contributed by atoms with Gasteiger partial charge in [0.05, 0.1) is 6.54 Å². The van der Waals surface area contributed by atoms with Gasteiger partial charge in [0.15, 0.2) is 5.96 Å². The van der Waals surface area contributed by atoms with Gasteiger partial charge in [0.25, 0.3) is 0 Å². The minimum Gasteiger partial charge on any atom is -0.357 e. The molecule has 1 heterocycles. The Morgan fingerprint density at radius 1 is 1.19 bits per heavy atom. The molecule has 0 amide bonds. The zero-order valence-corrected chi connectivity index (χ0v) is 16.5. The monoisotopic (exact) mass is 363 g/mol. The zero-order valence-electron chi connectivity index (χ0n) is 16.5. The molecule has 26 heavy (non-hydrogen) atoms. The molecule has 0 unspecified atom stereocenters. The van der Waals surface area contributed by atoms with E-state index in [1.54, 1.807) is 19.1 Å². The van der Waals surface area contributed by atoms with Crippen molar-refractivity contribution in [1.82, 2.24) is 20.4 Å². The van der Waals surface area contributed by atoms with Crippen LogP contribution in [-0.2, 0) is 6.54 Å². The number of halogens is 1. The number of guanidine groups is 1. The maximum atomic E-state index is 13.6. The van der Waals surface area contributed by atoms with E-state index in [9.17, 15) is 4.39 Å². The van der Waals surface area contributed by atoms with Crippen LogP contribution in [0.25, 0.3) is 0 Å². The summed E-state index contributed by atoms with van der Waals surface area (Å²) < 4.78 is 13.6. The van der Waals surface area contributed by atoms with Crippen LogP contribution in [0.4, 0.5) is 4.39 Å². The number of likely N-dealkylation sites (N-methyl/N-ethyl adjacent to an activating group) is 1. The maximum absolute atomic E-state index is 13.6. The number of nitrogens with one attached hydrogen (secondary N) is 2. The van der Waals surface area contributed by atoms with Crippen LogP contribution < -0.4 is 10.6 Å². The highest BCUT2D eigenvalue weighted by Crippen LogP contribution is 2.10. The third-order valence-corrected chi connectivity index (χ3v) is 4.76. The van der Waals surface area contributed by atoms with Gasteiger partial charge in [-0.15, -0.1) is 0 Å². The van der Waals surface area contributed by atoms with Crippen molar-refractivity contribution in [3.05, 3.63) is 35.1 Å². The van der Waals surface area contributed by atoms with Crippen molar-refractivity contribution in [2.75, 3.05) is 52.9 Å². The van der Waals surface area contributed by atoms with Crippen LogP contribution in [0.2, 0.25) is 0 Å². The predicted molar refractivity (Wildman–Crippen MR) is 107 cm³/mol. The molecule has 0 bridgehead atoms. The van der Waals surface area contributed by atoms with Crippen molar-refractivity contribution < 1.29 is 4.39 Å². The number of aliphatic imine (C=N–C) groups is 1. The molecule has 1 fully saturated rings. The third-order valence-electron chi connectivity index (χ3n) is 4.76. The van der Waals surface area contributed by atoms with Gasteiger partial charge in [-0.05, 0) is 70.6 Å². The van der Waals surface area contributed by atoms with E-state index < -0.39 is 0 Å². The highest BCUT2D eigenvalue weighted by atomic mass is 19.1. The Bertz CT molecular complexity index is 575. The summed E-state index contributed by atoms with van der Waals surface area (Å²) in [5, 5.41) is 6.65. The molecule has 146 valence electrons. The Morgan fingerprint density at radius 3 is 2.81 bits per heavy atom. The molecule has 1 aliphatic rings.